The Hall–Kier alpha value is -1.17. The molecule has 1 N–H and O–H groups in total. The molecule has 1 aromatic heterocycles. The van der Waals surface area contributed by atoms with Gasteiger partial charge >= 0.3 is 6.18 Å². The van der Waals surface area contributed by atoms with Crippen LogP contribution in [0.25, 0.3) is 0 Å². The highest BCUT2D eigenvalue weighted by atomic mass is 19.4. The first-order valence-electron chi connectivity index (χ1n) is 5.69. The number of alkyl halides is 3. The second kappa shape index (κ2) is 4.60. The summed E-state index contributed by atoms with van der Waals surface area (Å²) >= 11 is 0. The van der Waals surface area contributed by atoms with Crippen LogP contribution >= 0.6 is 0 Å². The lowest BCUT2D eigenvalue weighted by Gasteiger charge is -2.21. The summed E-state index contributed by atoms with van der Waals surface area (Å²) in [7, 11) is 0. The van der Waals surface area contributed by atoms with Crippen molar-refractivity contribution in [3.05, 3.63) is 22.8 Å². The lowest BCUT2D eigenvalue weighted by Crippen LogP contribution is -2.29. The number of hydrogen-bond donors (Lipinski definition) is 1. The maximum Gasteiger partial charge on any atom is 0.433 e. The first-order chi connectivity index (χ1) is 8.02. The van der Waals surface area contributed by atoms with Crippen molar-refractivity contribution in [2.75, 3.05) is 6.54 Å². The molecule has 2 rings (SSSR count). The van der Waals surface area contributed by atoms with Crippen LogP contribution in [0.3, 0.4) is 0 Å². The van der Waals surface area contributed by atoms with Crippen LogP contribution in [0.5, 0.6) is 0 Å². The fourth-order valence-corrected chi connectivity index (χ4v) is 1.96. The monoisotopic (exact) mass is 245 g/mol. The van der Waals surface area contributed by atoms with Gasteiger partial charge in [-0.1, -0.05) is 6.92 Å². The summed E-state index contributed by atoms with van der Waals surface area (Å²) < 4.78 is 38.6. The maximum atomic E-state index is 12.9. The highest BCUT2D eigenvalue weighted by Gasteiger charge is 2.37. The van der Waals surface area contributed by atoms with Gasteiger partial charge in [0.1, 0.15) is 5.82 Å². The van der Waals surface area contributed by atoms with Crippen molar-refractivity contribution in [1.82, 2.24) is 15.3 Å². The van der Waals surface area contributed by atoms with E-state index in [1.165, 1.54) is 0 Å². The van der Waals surface area contributed by atoms with Gasteiger partial charge in [0.05, 0.1) is 5.69 Å². The molecule has 1 aliphatic heterocycles. The number of fused-ring (bicyclic) bond motifs is 1. The summed E-state index contributed by atoms with van der Waals surface area (Å²) in [6, 6.07) is 0. The molecule has 17 heavy (non-hydrogen) atoms. The van der Waals surface area contributed by atoms with Crippen LogP contribution in [0.1, 0.15) is 36.1 Å². The molecule has 94 valence electrons. The van der Waals surface area contributed by atoms with Crippen LogP contribution in [0.2, 0.25) is 0 Å². The van der Waals surface area contributed by atoms with Crippen molar-refractivity contribution < 1.29 is 13.2 Å². The number of halogens is 3. The number of aromatic nitrogens is 2. The van der Waals surface area contributed by atoms with Gasteiger partial charge in [-0.3, -0.25) is 0 Å². The van der Waals surface area contributed by atoms with Gasteiger partial charge in [0, 0.05) is 31.5 Å². The summed E-state index contributed by atoms with van der Waals surface area (Å²) in [4.78, 5) is 7.90. The van der Waals surface area contributed by atoms with Crippen LogP contribution in [-0.2, 0) is 25.6 Å². The van der Waals surface area contributed by atoms with Crippen molar-refractivity contribution in [2.45, 2.75) is 38.9 Å². The van der Waals surface area contributed by atoms with E-state index in [1.807, 2.05) is 6.92 Å². The molecule has 0 bridgehead atoms. The summed E-state index contributed by atoms with van der Waals surface area (Å²) in [6.07, 6.45) is -2.62. The SMILES string of the molecule is CCCc1nc2c(c(C(F)(F)F)n1)CNCC2. The molecule has 0 saturated carbocycles. The third-order valence-electron chi connectivity index (χ3n) is 2.72. The molecule has 0 atom stereocenters. The van der Waals surface area contributed by atoms with Gasteiger partial charge in [0.25, 0.3) is 0 Å². The first-order valence-corrected chi connectivity index (χ1v) is 5.69. The molecule has 0 unspecified atom stereocenters. The van der Waals surface area contributed by atoms with E-state index in [-0.39, 0.29) is 12.1 Å². The van der Waals surface area contributed by atoms with Gasteiger partial charge in [-0.2, -0.15) is 13.2 Å². The van der Waals surface area contributed by atoms with Gasteiger partial charge in [-0.05, 0) is 6.42 Å². The molecule has 0 spiro atoms. The molecule has 0 aromatic carbocycles. The highest BCUT2D eigenvalue weighted by Crippen LogP contribution is 2.32. The van der Waals surface area contributed by atoms with E-state index in [1.54, 1.807) is 0 Å². The van der Waals surface area contributed by atoms with Crippen LogP contribution in [0.4, 0.5) is 13.2 Å². The normalized spacial score (nSPS) is 15.8. The van der Waals surface area contributed by atoms with E-state index in [0.29, 0.717) is 30.9 Å². The molecule has 1 aliphatic rings. The van der Waals surface area contributed by atoms with Gasteiger partial charge < -0.3 is 5.32 Å². The zero-order chi connectivity index (χ0) is 12.5. The highest BCUT2D eigenvalue weighted by molar-refractivity contribution is 5.30. The van der Waals surface area contributed by atoms with Gasteiger partial charge in [0.2, 0.25) is 0 Å². The third kappa shape index (κ3) is 2.57. The van der Waals surface area contributed by atoms with Crippen molar-refractivity contribution in [1.29, 1.82) is 0 Å². The second-order valence-corrected chi connectivity index (χ2v) is 4.09. The Balaban J connectivity index is 2.50. The number of nitrogens with one attached hydrogen (secondary N) is 1. The lowest BCUT2D eigenvalue weighted by molar-refractivity contribution is -0.142. The van der Waals surface area contributed by atoms with Gasteiger partial charge in [-0.15, -0.1) is 0 Å². The Bertz CT molecular complexity index is 415. The van der Waals surface area contributed by atoms with E-state index in [9.17, 15) is 13.2 Å². The molecule has 0 saturated heterocycles. The van der Waals surface area contributed by atoms with E-state index in [0.717, 1.165) is 6.42 Å². The van der Waals surface area contributed by atoms with Crippen molar-refractivity contribution >= 4 is 0 Å². The average Bonchev–Trinajstić information content (AvgIpc) is 2.27. The molecule has 0 amide bonds. The molecule has 0 radical (unpaired) electrons. The minimum absolute atomic E-state index is 0.205. The minimum atomic E-state index is -4.39. The van der Waals surface area contributed by atoms with Crippen LogP contribution in [0.15, 0.2) is 0 Å². The molecule has 1 aromatic rings. The van der Waals surface area contributed by atoms with E-state index in [2.05, 4.69) is 15.3 Å². The van der Waals surface area contributed by atoms with Crippen molar-refractivity contribution in [3.63, 3.8) is 0 Å². The average molecular weight is 245 g/mol. The first kappa shape index (κ1) is 12.3. The molecule has 6 heteroatoms. The Morgan fingerprint density at radius 2 is 2.06 bits per heavy atom. The number of aryl methyl sites for hydroxylation is 1. The van der Waals surface area contributed by atoms with Crippen LogP contribution in [0, 0.1) is 0 Å². The number of nitrogens with zero attached hydrogens (tertiary/aromatic N) is 2. The third-order valence-corrected chi connectivity index (χ3v) is 2.72. The van der Waals surface area contributed by atoms with Crippen molar-refractivity contribution in [2.24, 2.45) is 0 Å². The molecule has 0 fully saturated rings. The topological polar surface area (TPSA) is 37.8 Å². The Morgan fingerprint density at radius 3 is 2.71 bits per heavy atom. The molecule has 0 aliphatic carbocycles. The minimum Gasteiger partial charge on any atom is -0.312 e. The predicted octanol–water partition coefficient (Wildman–Crippen LogP) is 2.09. The van der Waals surface area contributed by atoms with E-state index >= 15 is 0 Å². The lowest BCUT2D eigenvalue weighted by atomic mass is 10.0. The summed E-state index contributed by atoms with van der Waals surface area (Å²) in [5, 5.41) is 2.92. The standard InChI is InChI=1S/C11H14F3N3/c1-2-3-9-16-8-4-5-15-6-7(8)10(17-9)11(12,13)14/h15H,2-6H2,1H3. The molecular weight excluding hydrogens is 231 g/mol. The number of hydrogen-bond acceptors (Lipinski definition) is 3. The second-order valence-electron chi connectivity index (χ2n) is 4.09. The van der Waals surface area contributed by atoms with Gasteiger partial charge in [-0.25, -0.2) is 9.97 Å². The zero-order valence-electron chi connectivity index (χ0n) is 9.56. The number of rotatable bonds is 2. The zero-order valence-corrected chi connectivity index (χ0v) is 9.56. The Kier molecular flexibility index (Phi) is 3.33. The Morgan fingerprint density at radius 1 is 1.29 bits per heavy atom. The van der Waals surface area contributed by atoms with E-state index in [4.69, 9.17) is 0 Å². The summed E-state index contributed by atoms with van der Waals surface area (Å²) in [6.45, 7) is 2.78. The van der Waals surface area contributed by atoms with Crippen molar-refractivity contribution in [3.8, 4) is 0 Å². The Labute approximate surface area is 97.5 Å². The molecule has 3 nitrogen and oxygen atoms in total. The molecule has 2 heterocycles. The van der Waals surface area contributed by atoms with Crippen LogP contribution in [-0.4, -0.2) is 16.5 Å². The largest absolute Gasteiger partial charge is 0.433 e. The molecular formula is C11H14F3N3. The fourth-order valence-electron chi connectivity index (χ4n) is 1.96. The van der Waals surface area contributed by atoms with Gasteiger partial charge in [0.15, 0.2) is 5.69 Å². The summed E-state index contributed by atoms with van der Waals surface area (Å²) in [5.41, 5.74) is -0.00345. The summed E-state index contributed by atoms with van der Waals surface area (Å²) in [5.74, 6) is 0.306. The maximum absolute atomic E-state index is 12.9. The smallest absolute Gasteiger partial charge is 0.312 e. The fraction of sp³-hybridized carbons (Fsp3) is 0.636. The quantitative estimate of drug-likeness (QED) is 0.867. The van der Waals surface area contributed by atoms with Crippen LogP contribution < -0.4 is 5.32 Å². The predicted molar refractivity (Wildman–Crippen MR) is 56.4 cm³/mol. The van der Waals surface area contributed by atoms with E-state index < -0.39 is 11.9 Å².